The van der Waals surface area contributed by atoms with Gasteiger partial charge in [-0.1, -0.05) is 12.1 Å². The molecular formula is C23H29N3O2. The predicted octanol–water partition coefficient (Wildman–Crippen LogP) is 3.49. The van der Waals surface area contributed by atoms with Crippen molar-refractivity contribution < 1.29 is 9.59 Å². The standard InChI is InChI=1S/C23H29N3O2/c1-17-6-5-7-20(16-17)25-12-14-26(15-13-25)22(28)19-10-8-18(9-11-19)21(27)24-23(2,3)4/h5-11,16H,12-15H2,1-4H3,(H,24,27). The van der Waals surface area contributed by atoms with Crippen molar-refractivity contribution in [1.29, 1.82) is 0 Å². The Labute approximate surface area is 167 Å². The van der Waals surface area contributed by atoms with E-state index in [1.54, 1.807) is 24.3 Å². The molecule has 28 heavy (non-hydrogen) atoms. The van der Waals surface area contributed by atoms with Crippen LogP contribution >= 0.6 is 0 Å². The van der Waals surface area contributed by atoms with Gasteiger partial charge >= 0.3 is 0 Å². The van der Waals surface area contributed by atoms with E-state index >= 15 is 0 Å². The van der Waals surface area contributed by atoms with Crippen molar-refractivity contribution in [2.75, 3.05) is 31.1 Å². The highest BCUT2D eigenvalue weighted by molar-refractivity contribution is 5.98. The van der Waals surface area contributed by atoms with Crippen molar-refractivity contribution in [3.05, 3.63) is 65.2 Å². The Bertz CT molecular complexity index is 845. The SMILES string of the molecule is Cc1cccc(N2CCN(C(=O)c3ccc(C(=O)NC(C)(C)C)cc3)CC2)c1. The van der Waals surface area contributed by atoms with Crippen LogP contribution in [-0.2, 0) is 0 Å². The monoisotopic (exact) mass is 379 g/mol. The minimum atomic E-state index is -0.289. The predicted molar refractivity (Wildman–Crippen MR) is 113 cm³/mol. The summed E-state index contributed by atoms with van der Waals surface area (Å²) in [5, 5.41) is 2.93. The summed E-state index contributed by atoms with van der Waals surface area (Å²) < 4.78 is 0. The van der Waals surface area contributed by atoms with Crippen molar-refractivity contribution in [2.45, 2.75) is 33.2 Å². The molecule has 0 saturated carbocycles. The van der Waals surface area contributed by atoms with Crippen LogP contribution in [0.4, 0.5) is 5.69 Å². The molecule has 1 N–H and O–H groups in total. The molecule has 2 aromatic carbocycles. The second kappa shape index (κ2) is 8.05. The molecule has 3 rings (SSSR count). The third-order valence-corrected chi connectivity index (χ3v) is 4.82. The van der Waals surface area contributed by atoms with Gasteiger partial charge in [-0.05, 0) is 69.7 Å². The lowest BCUT2D eigenvalue weighted by atomic mass is 10.1. The molecule has 0 radical (unpaired) electrons. The molecule has 1 aliphatic rings. The number of nitrogens with one attached hydrogen (secondary N) is 1. The van der Waals surface area contributed by atoms with Gasteiger partial charge in [0.2, 0.25) is 0 Å². The fraction of sp³-hybridized carbons (Fsp3) is 0.391. The van der Waals surface area contributed by atoms with E-state index in [0.29, 0.717) is 24.2 Å². The summed E-state index contributed by atoms with van der Waals surface area (Å²) in [6, 6.07) is 15.4. The largest absolute Gasteiger partial charge is 0.368 e. The molecule has 0 aliphatic carbocycles. The van der Waals surface area contributed by atoms with E-state index in [2.05, 4.69) is 41.4 Å². The second-order valence-electron chi connectivity index (χ2n) is 8.40. The number of amides is 2. The number of hydrogen-bond donors (Lipinski definition) is 1. The van der Waals surface area contributed by atoms with Crippen molar-refractivity contribution in [3.8, 4) is 0 Å². The van der Waals surface area contributed by atoms with Gasteiger partial charge in [-0.3, -0.25) is 9.59 Å². The lowest BCUT2D eigenvalue weighted by molar-refractivity contribution is 0.0746. The van der Waals surface area contributed by atoms with Crippen LogP contribution in [0.1, 0.15) is 47.1 Å². The zero-order valence-electron chi connectivity index (χ0n) is 17.2. The summed E-state index contributed by atoms with van der Waals surface area (Å²) in [4.78, 5) is 29.2. The molecule has 1 saturated heterocycles. The van der Waals surface area contributed by atoms with Gasteiger partial charge in [0.05, 0.1) is 0 Å². The second-order valence-corrected chi connectivity index (χ2v) is 8.40. The number of carbonyl (C=O) groups is 2. The van der Waals surface area contributed by atoms with Crippen molar-refractivity contribution in [1.82, 2.24) is 10.2 Å². The minimum Gasteiger partial charge on any atom is -0.368 e. The highest BCUT2D eigenvalue weighted by atomic mass is 16.2. The number of rotatable bonds is 3. The van der Waals surface area contributed by atoms with Crippen molar-refractivity contribution in [2.24, 2.45) is 0 Å². The van der Waals surface area contributed by atoms with Crippen LogP contribution in [0.2, 0.25) is 0 Å². The molecule has 2 amide bonds. The Kier molecular flexibility index (Phi) is 5.73. The Morgan fingerprint density at radius 3 is 2.07 bits per heavy atom. The van der Waals surface area contributed by atoms with E-state index in [9.17, 15) is 9.59 Å². The first-order valence-electron chi connectivity index (χ1n) is 9.76. The van der Waals surface area contributed by atoms with Crippen LogP contribution in [0, 0.1) is 6.92 Å². The summed E-state index contributed by atoms with van der Waals surface area (Å²) in [5.74, 6) is -0.107. The Balaban J connectivity index is 1.60. The molecule has 1 aliphatic heterocycles. The van der Waals surface area contributed by atoms with Gasteiger partial charge in [0.25, 0.3) is 11.8 Å². The van der Waals surface area contributed by atoms with Gasteiger partial charge in [-0.2, -0.15) is 0 Å². The van der Waals surface area contributed by atoms with E-state index in [0.717, 1.165) is 13.1 Å². The first-order chi connectivity index (χ1) is 13.2. The number of piperazine rings is 1. The Morgan fingerprint density at radius 2 is 1.50 bits per heavy atom. The molecule has 1 heterocycles. The Morgan fingerprint density at radius 1 is 0.893 bits per heavy atom. The molecule has 1 fully saturated rings. The number of carbonyl (C=O) groups excluding carboxylic acids is 2. The zero-order chi connectivity index (χ0) is 20.3. The van der Waals surface area contributed by atoms with Crippen LogP contribution in [0.15, 0.2) is 48.5 Å². The molecule has 0 unspecified atom stereocenters. The smallest absolute Gasteiger partial charge is 0.253 e. The summed E-state index contributed by atoms with van der Waals surface area (Å²) in [7, 11) is 0. The lowest BCUT2D eigenvalue weighted by Crippen LogP contribution is -2.48. The highest BCUT2D eigenvalue weighted by Crippen LogP contribution is 2.19. The zero-order valence-corrected chi connectivity index (χ0v) is 17.2. The number of aryl methyl sites for hydroxylation is 1. The van der Waals surface area contributed by atoms with Gasteiger partial charge in [0, 0.05) is 48.5 Å². The van der Waals surface area contributed by atoms with Crippen LogP contribution < -0.4 is 10.2 Å². The van der Waals surface area contributed by atoms with E-state index < -0.39 is 0 Å². The van der Waals surface area contributed by atoms with Crippen molar-refractivity contribution >= 4 is 17.5 Å². The van der Waals surface area contributed by atoms with Gasteiger partial charge in [-0.15, -0.1) is 0 Å². The minimum absolute atomic E-state index is 0.0201. The van der Waals surface area contributed by atoms with E-state index in [4.69, 9.17) is 0 Å². The van der Waals surface area contributed by atoms with Gasteiger partial charge in [0.1, 0.15) is 0 Å². The van der Waals surface area contributed by atoms with Crippen LogP contribution in [0.5, 0.6) is 0 Å². The average molecular weight is 380 g/mol. The maximum absolute atomic E-state index is 12.8. The molecule has 0 bridgehead atoms. The topological polar surface area (TPSA) is 52.7 Å². The van der Waals surface area contributed by atoms with Crippen molar-refractivity contribution in [3.63, 3.8) is 0 Å². The maximum Gasteiger partial charge on any atom is 0.253 e. The van der Waals surface area contributed by atoms with E-state index in [1.165, 1.54) is 11.3 Å². The van der Waals surface area contributed by atoms with Crippen LogP contribution in [0.3, 0.4) is 0 Å². The normalized spacial score (nSPS) is 14.7. The van der Waals surface area contributed by atoms with Crippen LogP contribution in [-0.4, -0.2) is 48.4 Å². The summed E-state index contributed by atoms with van der Waals surface area (Å²) in [5.41, 5.74) is 3.35. The molecule has 5 nitrogen and oxygen atoms in total. The third-order valence-electron chi connectivity index (χ3n) is 4.82. The molecule has 0 spiro atoms. The van der Waals surface area contributed by atoms with E-state index in [1.807, 2.05) is 25.7 Å². The first-order valence-corrected chi connectivity index (χ1v) is 9.76. The average Bonchev–Trinajstić information content (AvgIpc) is 2.66. The summed E-state index contributed by atoms with van der Waals surface area (Å²) >= 11 is 0. The van der Waals surface area contributed by atoms with Gasteiger partial charge in [0.15, 0.2) is 0 Å². The Hall–Kier alpha value is -2.82. The first kappa shape index (κ1) is 19.9. The fourth-order valence-electron chi connectivity index (χ4n) is 3.35. The quantitative estimate of drug-likeness (QED) is 0.888. The molecule has 5 heteroatoms. The third kappa shape index (κ3) is 4.91. The molecule has 148 valence electrons. The summed E-state index contributed by atoms with van der Waals surface area (Å²) in [6.07, 6.45) is 0. The maximum atomic E-state index is 12.8. The molecular weight excluding hydrogens is 350 g/mol. The van der Waals surface area contributed by atoms with Gasteiger partial charge in [-0.25, -0.2) is 0 Å². The molecule has 0 atom stereocenters. The number of hydrogen-bond acceptors (Lipinski definition) is 3. The number of benzene rings is 2. The fourth-order valence-corrected chi connectivity index (χ4v) is 3.35. The summed E-state index contributed by atoms with van der Waals surface area (Å²) in [6.45, 7) is 11.0. The van der Waals surface area contributed by atoms with E-state index in [-0.39, 0.29) is 17.4 Å². The molecule has 0 aromatic heterocycles. The number of nitrogens with zero attached hydrogens (tertiary/aromatic N) is 2. The van der Waals surface area contributed by atoms with Gasteiger partial charge < -0.3 is 15.1 Å². The molecule has 2 aromatic rings. The van der Waals surface area contributed by atoms with Crippen LogP contribution in [0.25, 0.3) is 0 Å². The number of anilines is 1. The lowest BCUT2D eigenvalue weighted by Gasteiger charge is -2.36. The highest BCUT2D eigenvalue weighted by Gasteiger charge is 2.23.